The van der Waals surface area contributed by atoms with Crippen molar-refractivity contribution < 1.29 is 19.1 Å². The Labute approximate surface area is 119 Å². The zero-order valence-corrected chi connectivity index (χ0v) is 12.1. The van der Waals surface area contributed by atoms with E-state index < -0.39 is 5.97 Å². The highest BCUT2D eigenvalue weighted by molar-refractivity contribution is 5.82. The highest BCUT2D eigenvalue weighted by Gasteiger charge is 2.07. The molecule has 0 unspecified atom stereocenters. The van der Waals surface area contributed by atoms with Crippen LogP contribution in [0.25, 0.3) is 0 Å². The second kappa shape index (κ2) is 8.19. The number of esters is 1. The molecule has 0 aromatic heterocycles. The van der Waals surface area contributed by atoms with Gasteiger partial charge in [0, 0.05) is 0 Å². The molecule has 0 fully saturated rings. The molecular formula is C15H21NO4. The summed E-state index contributed by atoms with van der Waals surface area (Å²) in [6.45, 7) is 5.93. The molecule has 0 bridgehead atoms. The largest absolute Gasteiger partial charge is 0.484 e. The maximum atomic E-state index is 11.5. The molecule has 110 valence electrons. The summed E-state index contributed by atoms with van der Waals surface area (Å²) < 4.78 is 10.1. The molecule has 1 aromatic carbocycles. The molecule has 0 saturated heterocycles. The van der Waals surface area contributed by atoms with Gasteiger partial charge in [0.05, 0.1) is 6.61 Å². The Hall–Kier alpha value is -2.04. The highest BCUT2D eigenvalue weighted by atomic mass is 16.5. The van der Waals surface area contributed by atoms with E-state index in [1.807, 2.05) is 18.2 Å². The van der Waals surface area contributed by atoms with Crippen molar-refractivity contribution in [2.75, 3.05) is 19.8 Å². The van der Waals surface area contributed by atoms with E-state index in [-0.39, 0.29) is 19.1 Å². The molecule has 0 atom stereocenters. The molecule has 5 nitrogen and oxygen atoms in total. The fourth-order valence-electron chi connectivity index (χ4n) is 1.55. The van der Waals surface area contributed by atoms with E-state index in [1.165, 1.54) is 0 Å². The van der Waals surface area contributed by atoms with Crippen molar-refractivity contribution in [3.05, 3.63) is 29.8 Å². The fourth-order valence-corrected chi connectivity index (χ4v) is 1.55. The van der Waals surface area contributed by atoms with Crippen LogP contribution >= 0.6 is 0 Å². The van der Waals surface area contributed by atoms with Gasteiger partial charge < -0.3 is 14.8 Å². The lowest BCUT2D eigenvalue weighted by molar-refractivity contribution is -0.143. The van der Waals surface area contributed by atoms with Gasteiger partial charge in [0.15, 0.2) is 6.61 Å². The molecule has 1 rings (SSSR count). The minimum atomic E-state index is -0.456. The number of nitrogens with one attached hydrogen (secondary N) is 1. The molecule has 20 heavy (non-hydrogen) atoms. The zero-order chi connectivity index (χ0) is 15.0. The third kappa shape index (κ3) is 5.73. The molecule has 1 amide bonds. The third-order valence-corrected chi connectivity index (χ3v) is 2.63. The number of carbonyl (C=O) groups excluding carboxylic acids is 2. The molecule has 0 radical (unpaired) electrons. The molecule has 5 heteroatoms. The first kappa shape index (κ1) is 16.0. The lowest BCUT2D eigenvalue weighted by Gasteiger charge is -2.10. The Morgan fingerprint density at radius 1 is 1.30 bits per heavy atom. The Bertz CT molecular complexity index is 457. The summed E-state index contributed by atoms with van der Waals surface area (Å²) in [5.74, 6) is 0.231. The summed E-state index contributed by atoms with van der Waals surface area (Å²) in [6, 6.07) is 7.60. The van der Waals surface area contributed by atoms with Crippen LogP contribution in [0.2, 0.25) is 0 Å². The summed E-state index contributed by atoms with van der Waals surface area (Å²) in [7, 11) is 0. The van der Waals surface area contributed by atoms with Crippen molar-refractivity contribution in [2.24, 2.45) is 0 Å². The second-order valence-corrected chi connectivity index (χ2v) is 4.60. The van der Waals surface area contributed by atoms with Gasteiger partial charge in [-0.15, -0.1) is 0 Å². The summed E-state index contributed by atoms with van der Waals surface area (Å²) in [5, 5.41) is 2.44. The first-order valence-corrected chi connectivity index (χ1v) is 6.68. The van der Waals surface area contributed by atoms with Crippen LogP contribution in [0.4, 0.5) is 0 Å². The summed E-state index contributed by atoms with van der Waals surface area (Å²) in [4.78, 5) is 22.6. The molecule has 0 heterocycles. The minimum Gasteiger partial charge on any atom is -0.484 e. The average Bonchev–Trinajstić information content (AvgIpc) is 2.43. The van der Waals surface area contributed by atoms with Gasteiger partial charge in [-0.05, 0) is 30.5 Å². The SMILES string of the molecule is CCOC(=O)CNC(=O)COc1cccc(C(C)C)c1. The standard InChI is InChI=1S/C15H21NO4/c1-4-19-15(18)9-16-14(17)10-20-13-7-5-6-12(8-13)11(2)3/h5-8,11H,4,9-10H2,1-3H3,(H,16,17). The number of rotatable bonds is 7. The molecule has 1 aromatic rings. The molecule has 0 aliphatic carbocycles. The van der Waals surface area contributed by atoms with Crippen LogP contribution in [0, 0.1) is 0 Å². The second-order valence-electron chi connectivity index (χ2n) is 4.60. The first-order valence-electron chi connectivity index (χ1n) is 6.68. The zero-order valence-electron chi connectivity index (χ0n) is 12.1. The molecule has 0 aliphatic rings. The van der Waals surface area contributed by atoms with Crippen LogP contribution in [0.5, 0.6) is 5.75 Å². The van der Waals surface area contributed by atoms with Crippen LogP contribution < -0.4 is 10.1 Å². The smallest absolute Gasteiger partial charge is 0.325 e. The van der Waals surface area contributed by atoms with Crippen molar-refractivity contribution in [1.82, 2.24) is 5.32 Å². The summed E-state index contributed by atoms with van der Waals surface area (Å²) >= 11 is 0. The topological polar surface area (TPSA) is 64.6 Å². The van der Waals surface area contributed by atoms with Crippen molar-refractivity contribution in [1.29, 1.82) is 0 Å². The van der Waals surface area contributed by atoms with Gasteiger partial charge in [-0.25, -0.2) is 0 Å². The number of hydrogen-bond acceptors (Lipinski definition) is 4. The number of ether oxygens (including phenoxy) is 2. The van der Waals surface area contributed by atoms with Crippen molar-refractivity contribution in [3.63, 3.8) is 0 Å². The van der Waals surface area contributed by atoms with E-state index in [0.29, 0.717) is 18.3 Å². The number of amides is 1. The van der Waals surface area contributed by atoms with Crippen LogP contribution in [-0.2, 0) is 14.3 Å². The number of hydrogen-bond donors (Lipinski definition) is 1. The van der Waals surface area contributed by atoms with Crippen molar-refractivity contribution in [2.45, 2.75) is 26.7 Å². The van der Waals surface area contributed by atoms with Crippen LogP contribution in [-0.4, -0.2) is 31.6 Å². The predicted molar refractivity (Wildman–Crippen MR) is 75.7 cm³/mol. The van der Waals surface area contributed by atoms with Crippen LogP contribution in [0.3, 0.4) is 0 Å². The molecule has 1 N–H and O–H groups in total. The first-order chi connectivity index (χ1) is 9.52. The van der Waals surface area contributed by atoms with Gasteiger partial charge in [0.2, 0.25) is 0 Å². The van der Waals surface area contributed by atoms with E-state index in [4.69, 9.17) is 9.47 Å². The lowest BCUT2D eigenvalue weighted by Crippen LogP contribution is -2.34. The van der Waals surface area contributed by atoms with Crippen LogP contribution in [0.1, 0.15) is 32.3 Å². The Kier molecular flexibility index (Phi) is 6.56. The minimum absolute atomic E-state index is 0.124. The quantitative estimate of drug-likeness (QED) is 0.774. The predicted octanol–water partition coefficient (Wildman–Crippen LogP) is 1.87. The Morgan fingerprint density at radius 3 is 2.70 bits per heavy atom. The van der Waals surface area contributed by atoms with E-state index in [2.05, 4.69) is 19.2 Å². The van der Waals surface area contributed by atoms with E-state index in [9.17, 15) is 9.59 Å². The van der Waals surface area contributed by atoms with Crippen molar-refractivity contribution in [3.8, 4) is 5.75 Å². The van der Waals surface area contributed by atoms with Gasteiger partial charge in [-0.3, -0.25) is 9.59 Å². The highest BCUT2D eigenvalue weighted by Crippen LogP contribution is 2.19. The van der Waals surface area contributed by atoms with Gasteiger partial charge in [0.25, 0.3) is 5.91 Å². The lowest BCUT2D eigenvalue weighted by atomic mass is 10.0. The summed E-state index contributed by atoms with van der Waals surface area (Å²) in [5.41, 5.74) is 1.15. The van der Waals surface area contributed by atoms with Crippen molar-refractivity contribution >= 4 is 11.9 Å². The Morgan fingerprint density at radius 2 is 2.05 bits per heavy atom. The fraction of sp³-hybridized carbons (Fsp3) is 0.467. The van der Waals surface area contributed by atoms with Gasteiger partial charge in [-0.1, -0.05) is 26.0 Å². The van der Waals surface area contributed by atoms with E-state index >= 15 is 0 Å². The van der Waals surface area contributed by atoms with Gasteiger partial charge in [0.1, 0.15) is 12.3 Å². The van der Waals surface area contributed by atoms with Gasteiger partial charge in [-0.2, -0.15) is 0 Å². The number of benzene rings is 1. The van der Waals surface area contributed by atoms with E-state index in [0.717, 1.165) is 5.56 Å². The number of carbonyl (C=O) groups is 2. The maximum absolute atomic E-state index is 11.5. The van der Waals surface area contributed by atoms with Gasteiger partial charge >= 0.3 is 5.97 Å². The normalized spacial score (nSPS) is 10.2. The van der Waals surface area contributed by atoms with E-state index in [1.54, 1.807) is 13.0 Å². The molecule has 0 aliphatic heterocycles. The monoisotopic (exact) mass is 279 g/mol. The maximum Gasteiger partial charge on any atom is 0.325 e. The molecule has 0 spiro atoms. The molecule has 0 saturated carbocycles. The molecular weight excluding hydrogens is 258 g/mol. The Balaban J connectivity index is 2.37. The van der Waals surface area contributed by atoms with Crippen LogP contribution in [0.15, 0.2) is 24.3 Å². The average molecular weight is 279 g/mol. The third-order valence-electron chi connectivity index (χ3n) is 2.63. The summed E-state index contributed by atoms with van der Waals surface area (Å²) in [6.07, 6.45) is 0.